The lowest BCUT2D eigenvalue weighted by Gasteiger charge is -2.10. The highest BCUT2D eigenvalue weighted by Crippen LogP contribution is 2.25. The third kappa shape index (κ3) is 5.96. The van der Waals surface area contributed by atoms with Gasteiger partial charge >= 0.3 is 5.97 Å². The highest BCUT2D eigenvalue weighted by molar-refractivity contribution is 5.95. The molecule has 0 fully saturated rings. The molecule has 27 heavy (non-hydrogen) atoms. The first kappa shape index (κ1) is 19.6. The quantitative estimate of drug-likeness (QED) is 0.347. The van der Waals surface area contributed by atoms with Crippen molar-refractivity contribution < 1.29 is 24.0 Å². The lowest BCUT2D eigenvalue weighted by molar-refractivity contribution is -0.384. The van der Waals surface area contributed by atoms with E-state index >= 15 is 0 Å². The van der Waals surface area contributed by atoms with E-state index < -0.39 is 23.4 Å². The molecule has 0 aliphatic carbocycles. The summed E-state index contributed by atoms with van der Waals surface area (Å²) in [6.45, 7) is 1.39. The van der Waals surface area contributed by atoms with Crippen molar-refractivity contribution in [2.75, 3.05) is 19.0 Å². The fourth-order valence-corrected chi connectivity index (χ4v) is 2.20. The van der Waals surface area contributed by atoms with Crippen molar-refractivity contribution in [3.05, 3.63) is 69.8 Å². The van der Waals surface area contributed by atoms with Gasteiger partial charge in [-0.15, -0.1) is 0 Å². The monoisotopic (exact) mass is 370 g/mol. The van der Waals surface area contributed by atoms with Crippen LogP contribution in [0.2, 0.25) is 0 Å². The zero-order valence-corrected chi connectivity index (χ0v) is 14.8. The largest absolute Gasteiger partial charge is 0.495 e. The second-order valence-corrected chi connectivity index (χ2v) is 5.55. The smallest absolute Gasteiger partial charge is 0.331 e. The molecular formula is C19H18N2O6. The third-order valence-corrected chi connectivity index (χ3v) is 3.47. The van der Waals surface area contributed by atoms with Crippen LogP contribution in [0.1, 0.15) is 11.1 Å². The molecule has 0 aromatic heterocycles. The predicted molar refractivity (Wildman–Crippen MR) is 99.5 cm³/mol. The molecule has 8 heteroatoms. The zero-order chi connectivity index (χ0) is 19.8. The van der Waals surface area contributed by atoms with E-state index in [1.807, 2.05) is 13.0 Å². The number of carbonyl (C=O) groups is 2. The van der Waals surface area contributed by atoms with Gasteiger partial charge in [0.2, 0.25) is 0 Å². The van der Waals surface area contributed by atoms with Crippen LogP contribution < -0.4 is 10.1 Å². The van der Waals surface area contributed by atoms with Crippen LogP contribution in [0.15, 0.2) is 48.5 Å². The van der Waals surface area contributed by atoms with Gasteiger partial charge in [-0.2, -0.15) is 0 Å². The van der Waals surface area contributed by atoms with Crippen molar-refractivity contribution in [3.63, 3.8) is 0 Å². The minimum absolute atomic E-state index is 0.0861. The Bertz CT molecular complexity index is 892. The van der Waals surface area contributed by atoms with Gasteiger partial charge in [0.25, 0.3) is 11.6 Å². The molecular weight excluding hydrogens is 352 g/mol. The SMILES string of the molecule is COc1ccc(C)cc1NC(=O)COC(=O)/C=C/c1cccc([N+](=O)[O-])c1. The summed E-state index contributed by atoms with van der Waals surface area (Å²) in [5, 5.41) is 13.3. The molecule has 8 nitrogen and oxygen atoms in total. The van der Waals surface area contributed by atoms with Crippen LogP contribution in [-0.4, -0.2) is 30.5 Å². The maximum absolute atomic E-state index is 11.9. The van der Waals surface area contributed by atoms with E-state index in [1.54, 1.807) is 18.2 Å². The van der Waals surface area contributed by atoms with Gasteiger partial charge in [0.05, 0.1) is 17.7 Å². The average Bonchev–Trinajstić information content (AvgIpc) is 2.65. The van der Waals surface area contributed by atoms with E-state index in [-0.39, 0.29) is 5.69 Å². The Morgan fingerprint density at radius 1 is 1.22 bits per heavy atom. The fourth-order valence-electron chi connectivity index (χ4n) is 2.20. The minimum Gasteiger partial charge on any atom is -0.495 e. The number of hydrogen-bond acceptors (Lipinski definition) is 6. The topological polar surface area (TPSA) is 108 Å². The molecule has 0 saturated carbocycles. The molecule has 0 aliphatic heterocycles. The summed E-state index contributed by atoms with van der Waals surface area (Å²) in [5.41, 5.74) is 1.79. The Morgan fingerprint density at radius 2 is 2.00 bits per heavy atom. The molecule has 2 aromatic rings. The first-order valence-corrected chi connectivity index (χ1v) is 7.93. The van der Waals surface area contributed by atoms with E-state index in [0.29, 0.717) is 17.0 Å². The summed E-state index contributed by atoms with van der Waals surface area (Å²) in [4.78, 5) is 33.9. The second kappa shape index (κ2) is 9.14. The van der Waals surface area contributed by atoms with Crippen molar-refractivity contribution in [1.82, 2.24) is 0 Å². The van der Waals surface area contributed by atoms with Crippen molar-refractivity contribution in [3.8, 4) is 5.75 Å². The number of non-ortho nitro benzene ring substituents is 1. The lowest BCUT2D eigenvalue weighted by atomic mass is 10.2. The molecule has 0 aliphatic rings. The maximum atomic E-state index is 11.9. The second-order valence-electron chi connectivity index (χ2n) is 5.55. The van der Waals surface area contributed by atoms with Gasteiger partial charge in [-0.3, -0.25) is 14.9 Å². The summed E-state index contributed by atoms with van der Waals surface area (Å²) in [5.74, 6) is -0.769. The number of methoxy groups -OCH3 is 1. The Kier molecular flexibility index (Phi) is 6.65. The number of nitrogens with zero attached hydrogens (tertiary/aromatic N) is 1. The van der Waals surface area contributed by atoms with Crippen molar-refractivity contribution in [1.29, 1.82) is 0 Å². The standard InChI is InChI=1S/C19H18N2O6/c1-13-6-8-17(26-2)16(10-13)20-18(22)12-27-19(23)9-7-14-4-3-5-15(11-14)21(24)25/h3-11H,12H2,1-2H3,(H,20,22)/b9-7+. The number of hydrogen-bond donors (Lipinski definition) is 1. The van der Waals surface area contributed by atoms with Gasteiger partial charge in [-0.1, -0.05) is 18.2 Å². The predicted octanol–water partition coefficient (Wildman–Crippen LogP) is 3.11. The zero-order valence-electron chi connectivity index (χ0n) is 14.8. The van der Waals surface area contributed by atoms with Crippen LogP contribution in [0, 0.1) is 17.0 Å². The normalized spacial score (nSPS) is 10.4. The Labute approximate surface area is 155 Å². The number of nitro benzene ring substituents is 1. The van der Waals surface area contributed by atoms with Gasteiger partial charge in [0.1, 0.15) is 5.75 Å². The third-order valence-electron chi connectivity index (χ3n) is 3.47. The molecule has 0 spiro atoms. The molecule has 2 rings (SSSR count). The maximum Gasteiger partial charge on any atom is 0.331 e. The molecule has 0 heterocycles. The molecule has 2 aromatic carbocycles. The lowest BCUT2D eigenvalue weighted by Crippen LogP contribution is -2.20. The molecule has 0 unspecified atom stereocenters. The van der Waals surface area contributed by atoms with Gasteiger partial charge in [0, 0.05) is 18.2 Å². The summed E-state index contributed by atoms with van der Waals surface area (Å²) < 4.78 is 10.0. The van der Waals surface area contributed by atoms with Crippen molar-refractivity contribution in [2.24, 2.45) is 0 Å². The van der Waals surface area contributed by atoms with E-state index in [4.69, 9.17) is 9.47 Å². The van der Waals surface area contributed by atoms with Crippen LogP contribution in [0.25, 0.3) is 6.08 Å². The number of carbonyl (C=O) groups excluding carboxylic acids is 2. The number of anilines is 1. The van der Waals surface area contributed by atoms with Crippen LogP contribution in [0.4, 0.5) is 11.4 Å². The summed E-state index contributed by atoms with van der Waals surface area (Å²) in [6, 6.07) is 11.1. The average molecular weight is 370 g/mol. The highest BCUT2D eigenvalue weighted by Gasteiger charge is 2.10. The highest BCUT2D eigenvalue weighted by atomic mass is 16.6. The van der Waals surface area contributed by atoms with Gasteiger partial charge in [0.15, 0.2) is 6.61 Å². The molecule has 1 N–H and O–H groups in total. The Hall–Kier alpha value is -3.68. The molecule has 1 amide bonds. The van der Waals surface area contributed by atoms with Crippen LogP contribution in [-0.2, 0) is 14.3 Å². The first-order chi connectivity index (χ1) is 12.9. The molecule has 0 saturated heterocycles. The number of amides is 1. The molecule has 140 valence electrons. The molecule has 0 bridgehead atoms. The number of aryl methyl sites for hydroxylation is 1. The summed E-state index contributed by atoms with van der Waals surface area (Å²) in [7, 11) is 1.49. The van der Waals surface area contributed by atoms with Gasteiger partial charge < -0.3 is 14.8 Å². The fraction of sp³-hybridized carbons (Fsp3) is 0.158. The number of benzene rings is 2. The van der Waals surface area contributed by atoms with Crippen LogP contribution >= 0.6 is 0 Å². The van der Waals surface area contributed by atoms with Gasteiger partial charge in [-0.25, -0.2) is 4.79 Å². The van der Waals surface area contributed by atoms with E-state index in [0.717, 1.165) is 11.6 Å². The number of nitrogens with one attached hydrogen (secondary N) is 1. The van der Waals surface area contributed by atoms with Gasteiger partial charge in [-0.05, 0) is 36.3 Å². The van der Waals surface area contributed by atoms with Crippen LogP contribution in [0.3, 0.4) is 0 Å². The number of rotatable bonds is 7. The van der Waals surface area contributed by atoms with Crippen molar-refractivity contribution >= 4 is 29.3 Å². The number of esters is 1. The Morgan fingerprint density at radius 3 is 2.70 bits per heavy atom. The first-order valence-electron chi connectivity index (χ1n) is 7.93. The number of ether oxygens (including phenoxy) is 2. The molecule has 0 atom stereocenters. The summed E-state index contributed by atoms with van der Waals surface area (Å²) in [6.07, 6.45) is 2.47. The summed E-state index contributed by atoms with van der Waals surface area (Å²) >= 11 is 0. The van der Waals surface area contributed by atoms with Crippen LogP contribution in [0.5, 0.6) is 5.75 Å². The number of nitro groups is 1. The van der Waals surface area contributed by atoms with Crippen molar-refractivity contribution in [2.45, 2.75) is 6.92 Å². The van der Waals surface area contributed by atoms with E-state index in [2.05, 4.69) is 5.32 Å². The Balaban J connectivity index is 1.90. The van der Waals surface area contributed by atoms with E-state index in [1.165, 1.54) is 31.4 Å². The minimum atomic E-state index is -0.743. The molecule has 0 radical (unpaired) electrons. The van der Waals surface area contributed by atoms with E-state index in [9.17, 15) is 19.7 Å².